The smallest absolute Gasteiger partial charge is 0.269 e. The minimum Gasteiger partial charge on any atom is -0.366 e. The van der Waals surface area contributed by atoms with Gasteiger partial charge in [0.05, 0.1) is 5.69 Å². The van der Waals surface area contributed by atoms with Gasteiger partial charge in [-0.1, -0.05) is 11.6 Å². The van der Waals surface area contributed by atoms with Gasteiger partial charge in [-0.05, 0) is 25.5 Å². The zero-order chi connectivity index (χ0) is 20.1. The van der Waals surface area contributed by atoms with Gasteiger partial charge in [0.25, 0.3) is 5.91 Å². The zero-order valence-electron chi connectivity index (χ0n) is 15.7. The van der Waals surface area contributed by atoms with Crippen molar-refractivity contribution in [1.82, 2.24) is 20.3 Å². The first-order valence-corrected chi connectivity index (χ1v) is 9.36. The largest absolute Gasteiger partial charge is 0.366 e. The lowest BCUT2D eigenvalue weighted by Gasteiger charge is -2.34. The number of likely N-dealkylation sites (N-methyl/N-ethyl adjacent to an activating group) is 1. The molecule has 1 saturated heterocycles. The first-order chi connectivity index (χ1) is 13.5. The van der Waals surface area contributed by atoms with E-state index in [1.165, 1.54) is 18.8 Å². The van der Waals surface area contributed by atoms with E-state index < -0.39 is 0 Å². The highest BCUT2D eigenvalue weighted by atomic mass is 35.5. The van der Waals surface area contributed by atoms with Gasteiger partial charge in [-0.3, -0.25) is 9.59 Å². The van der Waals surface area contributed by atoms with Crippen molar-refractivity contribution < 1.29 is 9.59 Å². The molecule has 0 aromatic carbocycles. The summed E-state index contributed by atoms with van der Waals surface area (Å²) in [4.78, 5) is 38.1. The second kappa shape index (κ2) is 8.83. The van der Waals surface area contributed by atoms with Crippen LogP contribution in [-0.2, 0) is 4.79 Å². The summed E-state index contributed by atoms with van der Waals surface area (Å²) in [6.45, 7) is 4.70. The number of hydrogen-bond acceptors (Lipinski definition) is 7. The Bertz CT molecular complexity index is 864. The Balaban J connectivity index is 0.000000192. The second-order valence-corrected chi connectivity index (χ2v) is 6.77. The molecule has 2 aromatic heterocycles. The lowest BCUT2D eigenvalue weighted by molar-refractivity contribution is -0.105. The van der Waals surface area contributed by atoms with Gasteiger partial charge in [-0.25, -0.2) is 15.0 Å². The lowest BCUT2D eigenvalue weighted by Crippen LogP contribution is -2.40. The number of pyridine rings is 1. The monoisotopic (exact) mass is 403 g/mol. The van der Waals surface area contributed by atoms with Crippen molar-refractivity contribution in [2.45, 2.75) is 19.4 Å². The van der Waals surface area contributed by atoms with Crippen LogP contribution in [0.2, 0.25) is 5.15 Å². The maximum atomic E-state index is 11.8. The summed E-state index contributed by atoms with van der Waals surface area (Å²) in [6.07, 6.45) is 2.97. The molecule has 1 atom stereocenters. The Kier molecular flexibility index (Phi) is 6.25. The van der Waals surface area contributed by atoms with Gasteiger partial charge in [0.2, 0.25) is 6.41 Å². The van der Waals surface area contributed by atoms with Crippen LogP contribution in [0.4, 0.5) is 17.3 Å². The van der Waals surface area contributed by atoms with Gasteiger partial charge in [0.1, 0.15) is 23.0 Å². The first kappa shape index (κ1) is 19.8. The van der Waals surface area contributed by atoms with Gasteiger partial charge >= 0.3 is 0 Å². The summed E-state index contributed by atoms with van der Waals surface area (Å²) < 4.78 is 0. The topological polar surface area (TPSA) is 103 Å². The molecule has 4 rings (SSSR count). The SMILES string of the molecule is CCNC(=O)c1ccc2c(n1)N(C)C1CCN2C1.O=CNc1cc(Cl)ncn1. The summed E-state index contributed by atoms with van der Waals surface area (Å²) >= 11 is 5.47. The maximum Gasteiger partial charge on any atom is 0.269 e. The Labute approximate surface area is 168 Å². The van der Waals surface area contributed by atoms with E-state index in [9.17, 15) is 9.59 Å². The normalized spacial score (nSPS) is 16.6. The number of hydrogen-bond donors (Lipinski definition) is 2. The summed E-state index contributed by atoms with van der Waals surface area (Å²) in [7, 11) is 2.07. The number of fused-ring (bicyclic) bond motifs is 4. The van der Waals surface area contributed by atoms with Crippen molar-refractivity contribution in [2.75, 3.05) is 41.8 Å². The fraction of sp³-hybridized carbons (Fsp3) is 0.389. The highest BCUT2D eigenvalue weighted by Crippen LogP contribution is 2.37. The molecule has 2 aliphatic heterocycles. The molecule has 0 aliphatic carbocycles. The third-order valence-electron chi connectivity index (χ3n) is 4.65. The predicted molar refractivity (Wildman–Crippen MR) is 108 cm³/mol. The van der Waals surface area contributed by atoms with Crippen LogP contribution in [0, 0.1) is 0 Å². The first-order valence-electron chi connectivity index (χ1n) is 8.98. The highest BCUT2D eigenvalue weighted by Gasteiger charge is 2.35. The minimum atomic E-state index is -0.0957. The molecule has 10 heteroatoms. The van der Waals surface area contributed by atoms with Crippen molar-refractivity contribution in [3.8, 4) is 0 Å². The van der Waals surface area contributed by atoms with Crippen molar-refractivity contribution in [3.63, 3.8) is 0 Å². The number of nitrogens with one attached hydrogen (secondary N) is 2. The van der Waals surface area contributed by atoms with Crippen LogP contribution in [0.15, 0.2) is 24.5 Å². The lowest BCUT2D eigenvalue weighted by atomic mass is 10.2. The van der Waals surface area contributed by atoms with Crippen LogP contribution in [0.3, 0.4) is 0 Å². The fourth-order valence-electron chi connectivity index (χ4n) is 3.25. The van der Waals surface area contributed by atoms with E-state index in [-0.39, 0.29) is 5.91 Å². The molecule has 9 nitrogen and oxygen atoms in total. The molecule has 2 bridgehead atoms. The molecule has 1 unspecified atom stereocenters. The number of nitrogens with zero attached hydrogens (tertiary/aromatic N) is 5. The van der Waals surface area contributed by atoms with Crippen LogP contribution >= 0.6 is 11.6 Å². The van der Waals surface area contributed by atoms with Crippen molar-refractivity contribution in [1.29, 1.82) is 0 Å². The predicted octanol–water partition coefficient (Wildman–Crippen LogP) is 1.56. The van der Waals surface area contributed by atoms with E-state index in [1.807, 2.05) is 19.1 Å². The third kappa shape index (κ3) is 4.30. The molecule has 0 spiro atoms. The van der Waals surface area contributed by atoms with Crippen LogP contribution < -0.4 is 20.4 Å². The molecule has 2 aliphatic rings. The van der Waals surface area contributed by atoms with Gasteiger partial charge < -0.3 is 20.4 Å². The molecular weight excluding hydrogens is 382 g/mol. The average Bonchev–Trinajstić information content (AvgIpc) is 3.13. The average molecular weight is 404 g/mol. The molecule has 148 valence electrons. The van der Waals surface area contributed by atoms with Crippen molar-refractivity contribution >= 4 is 41.2 Å². The number of carbonyl (C=O) groups is 2. The van der Waals surface area contributed by atoms with E-state index in [1.54, 1.807) is 0 Å². The fourth-order valence-corrected chi connectivity index (χ4v) is 3.39. The van der Waals surface area contributed by atoms with Gasteiger partial charge in [0.15, 0.2) is 5.82 Å². The molecule has 0 radical (unpaired) electrons. The second-order valence-electron chi connectivity index (χ2n) is 6.39. The Hall–Kier alpha value is -2.94. The number of halogens is 1. The number of anilines is 3. The van der Waals surface area contributed by atoms with E-state index in [4.69, 9.17) is 11.6 Å². The Morgan fingerprint density at radius 2 is 2.21 bits per heavy atom. The Morgan fingerprint density at radius 1 is 1.39 bits per heavy atom. The van der Waals surface area contributed by atoms with E-state index >= 15 is 0 Å². The van der Waals surface area contributed by atoms with Crippen molar-refractivity contribution in [2.24, 2.45) is 0 Å². The number of rotatable bonds is 4. The number of amides is 2. The van der Waals surface area contributed by atoms with Crippen molar-refractivity contribution in [3.05, 3.63) is 35.4 Å². The van der Waals surface area contributed by atoms with E-state index in [2.05, 4.69) is 42.4 Å². The van der Waals surface area contributed by atoms with Crippen LogP contribution in [0.1, 0.15) is 23.8 Å². The van der Waals surface area contributed by atoms with Gasteiger partial charge in [0, 0.05) is 38.8 Å². The number of aromatic nitrogens is 3. The summed E-state index contributed by atoms with van der Waals surface area (Å²) in [6, 6.07) is 5.83. The van der Waals surface area contributed by atoms with E-state index in [0.29, 0.717) is 35.7 Å². The standard InChI is InChI=1S/C13H18N4O.C5H4ClN3O/c1-3-14-13(18)10-4-5-11-12(15-10)16(2)9-6-7-17(11)8-9;6-4-1-5(9-3-10)8-2-7-4/h4-5,9H,3,6-8H2,1-2H3,(H,14,18);1-3H,(H,7,8,9,10). The molecule has 2 amide bonds. The van der Waals surface area contributed by atoms with Crippen LogP contribution in [-0.4, -0.2) is 60.0 Å². The summed E-state index contributed by atoms with van der Waals surface area (Å²) in [5.41, 5.74) is 1.66. The third-order valence-corrected chi connectivity index (χ3v) is 4.86. The molecule has 2 aromatic rings. The number of carbonyl (C=O) groups excluding carboxylic acids is 2. The molecule has 4 heterocycles. The highest BCUT2D eigenvalue weighted by molar-refractivity contribution is 6.29. The molecule has 1 fully saturated rings. The maximum absolute atomic E-state index is 11.8. The molecule has 2 N–H and O–H groups in total. The summed E-state index contributed by atoms with van der Waals surface area (Å²) in [5.74, 6) is 1.24. The molecular formula is C18H22ClN7O2. The van der Waals surface area contributed by atoms with Crippen LogP contribution in [0.25, 0.3) is 0 Å². The quantitative estimate of drug-likeness (QED) is 0.589. The Morgan fingerprint density at radius 3 is 2.93 bits per heavy atom. The zero-order valence-corrected chi connectivity index (χ0v) is 16.5. The molecule has 28 heavy (non-hydrogen) atoms. The molecule has 0 saturated carbocycles. The van der Waals surface area contributed by atoms with Gasteiger partial charge in [-0.2, -0.15) is 0 Å². The summed E-state index contributed by atoms with van der Waals surface area (Å²) in [5, 5.41) is 5.43. The minimum absolute atomic E-state index is 0.0957. The van der Waals surface area contributed by atoms with Gasteiger partial charge in [-0.15, -0.1) is 0 Å². The van der Waals surface area contributed by atoms with Crippen LogP contribution in [0.5, 0.6) is 0 Å². The van der Waals surface area contributed by atoms with E-state index in [0.717, 1.165) is 24.6 Å².